The van der Waals surface area contributed by atoms with Crippen LogP contribution in [-0.4, -0.2) is 44.3 Å². The van der Waals surface area contributed by atoms with Gasteiger partial charge in [-0.1, -0.05) is 12.1 Å². The van der Waals surface area contributed by atoms with E-state index in [1.54, 1.807) is 6.33 Å². The maximum Gasteiger partial charge on any atom is 0.212 e. The van der Waals surface area contributed by atoms with Gasteiger partial charge in [0.2, 0.25) is 5.89 Å². The number of fused-ring (bicyclic) bond motifs is 1. The molecule has 0 radical (unpaired) electrons. The number of rotatable bonds is 3. The van der Waals surface area contributed by atoms with Crippen LogP contribution in [0.25, 0.3) is 11.1 Å². The summed E-state index contributed by atoms with van der Waals surface area (Å²) in [6, 6.07) is 7.93. The predicted molar refractivity (Wildman–Crippen MR) is 83.7 cm³/mol. The average Bonchev–Trinajstić information content (AvgIpc) is 3.20. The van der Waals surface area contributed by atoms with Gasteiger partial charge in [-0.15, -0.1) is 10.2 Å². The van der Waals surface area contributed by atoms with Crippen LogP contribution in [0.2, 0.25) is 0 Å². The normalized spacial score (nSPS) is 20.9. The Labute approximate surface area is 133 Å². The summed E-state index contributed by atoms with van der Waals surface area (Å²) in [6.07, 6.45) is 1.62. The van der Waals surface area contributed by atoms with Gasteiger partial charge >= 0.3 is 0 Å². The third kappa shape index (κ3) is 2.62. The first-order valence-electron chi connectivity index (χ1n) is 7.77. The minimum atomic E-state index is -0.0805. The van der Waals surface area contributed by atoms with E-state index >= 15 is 0 Å². The monoisotopic (exact) mass is 313 g/mol. The molecule has 120 valence electrons. The van der Waals surface area contributed by atoms with Crippen molar-refractivity contribution >= 4 is 11.1 Å². The van der Waals surface area contributed by atoms with Crippen LogP contribution >= 0.6 is 0 Å². The molecule has 0 saturated carbocycles. The summed E-state index contributed by atoms with van der Waals surface area (Å²) in [4.78, 5) is 6.92. The van der Waals surface area contributed by atoms with Gasteiger partial charge in [-0.05, 0) is 19.1 Å². The zero-order chi connectivity index (χ0) is 15.8. The third-order valence-corrected chi connectivity index (χ3v) is 4.35. The van der Waals surface area contributed by atoms with E-state index < -0.39 is 0 Å². The van der Waals surface area contributed by atoms with Gasteiger partial charge in [-0.2, -0.15) is 0 Å². The molecule has 3 aromatic rings. The fourth-order valence-corrected chi connectivity index (χ4v) is 2.99. The Bertz CT molecular complexity index is 779. The average molecular weight is 313 g/mol. The van der Waals surface area contributed by atoms with Crippen molar-refractivity contribution in [2.24, 2.45) is 7.05 Å². The van der Waals surface area contributed by atoms with Crippen LogP contribution in [0.1, 0.15) is 30.8 Å². The highest BCUT2D eigenvalue weighted by atomic mass is 16.5. The molecule has 1 aliphatic rings. The number of aromatic nitrogens is 4. The topological polar surface area (TPSA) is 69.2 Å². The van der Waals surface area contributed by atoms with Crippen LogP contribution < -0.4 is 0 Å². The number of hydrogen-bond acceptors (Lipinski definition) is 6. The molecule has 0 N–H and O–H groups in total. The van der Waals surface area contributed by atoms with Crippen molar-refractivity contribution in [2.45, 2.75) is 19.1 Å². The number of nitrogens with zero attached hydrogens (tertiary/aromatic N) is 5. The SMILES string of the molecule is CC(c1nc2ccccc2o1)N1CCOC(c2nncn2C)C1. The Morgan fingerprint density at radius 1 is 1.30 bits per heavy atom. The van der Waals surface area contributed by atoms with Crippen molar-refractivity contribution in [3.63, 3.8) is 0 Å². The number of hydrogen-bond donors (Lipinski definition) is 0. The molecule has 23 heavy (non-hydrogen) atoms. The zero-order valence-electron chi connectivity index (χ0n) is 13.2. The maximum atomic E-state index is 5.91. The smallest absolute Gasteiger partial charge is 0.212 e. The molecule has 1 aliphatic heterocycles. The number of para-hydroxylation sites is 2. The van der Waals surface area contributed by atoms with Crippen LogP contribution in [0.4, 0.5) is 0 Å². The summed E-state index contributed by atoms with van der Waals surface area (Å²) >= 11 is 0. The Kier molecular flexibility index (Phi) is 3.59. The van der Waals surface area contributed by atoms with E-state index in [4.69, 9.17) is 9.15 Å². The lowest BCUT2D eigenvalue weighted by Crippen LogP contribution is -2.40. The molecule has 7 heteroatoms. The Morgan fingerprint density at radius 2 is 2.17 bits per heavy atom. The van der Waals surface area contributed by atoms with Crippen molar-refractivity contribution in [3.05, 3.63) is 42.3 Å². The van der Waals surface area contributed by atoms with E-state index in [0.29, 0.717) is 6.61 Å². The predicted octanol–water partition coefficient (Wildman–Crippen LogP) is 2.09. The largest absolute Gasteiger partial charge is 0.439 e. The summed E-state index contributed by atoms with van der Waals surface area (Å²) in [7, 11) is 1.93. The lowest BCUT2D eigenvalue weighted by Gasteiger charge is -2.34. The molecule has 0 aliphatic carbocycles. The van der Waals surface area contributed by atoms with Crippen LogP contribution in [0.5, 0.6) is 0 Å². The van der Waals surface area contributed by atoms with E-state index in [1.165, 1.54) is 0 Å². The van der Waals surface area contributed by atoms with Crippen molar-refractivity contribution in [1.82, 2.24) is 24.6 Å². The summed E-state index contributed by atoms with van der Waals surface area (Å²) in [5.41, 5.74) is 1.72. The Balaban J connectivity index is 1.55. The minimum absolute atomic E-state index is 0.0805. The van der Waals surface area contributed by atoms with Crippen molar-refractivity contribution in [3.8, 4) is 0 Å². The molecule has 2 unspecified atom stereocenters. The van der Waals surface area contributed by atoms with Crippen molar-refractivity contribution in [2.75, 3.05) is 19.7 Å². The first kappa shape index (κ1) is 14.3. The van der Waals surface area contributed by atoms with Gasteiger partial charge in [-0.3, -0.25) is 4.90 Å². The van der Waals surface area contributed by atoms with Crippen molar-refractivity contribution < 1.29 is 9.15 Å². The van der Waals surface area contributed by atoms with Gasteiger partial charge in [0.05, 0.1) is 12.6 Å². The number of morpholine rings is 1. The van der Waals surface area contributed by atoms with Gasteiger partial charge in [0, 0.05) is 20.1 Å². The van der Waals surface area contributed by atoms with E-state index in [1.807, 2.05) is 35.9 Å². The quantitative estimate of drug-likeness (QED) is 0.737. The molecule has 2 atom stereocenters. The summed E-state index contributed by atoms with van der Waals surface area (Å²) < 4.78 is 13.7. The third-order valence-electron chi connectivity index (χ3n) is 4.35. The zero-order valence-corrected chi connectivity index (χ0v) is 13.2. The van der Waals surface area contributed by atoms with Crippen LogP contribution in [0, 0.1) is 0 Å². The highest BCUT2D eigenvalue weighted by Crippen LogP contribution is 2.29. The fraction of sp³-hybridized carbons (Fsp3) is 0.438. The Morgan fingerprint density at radius 3 is 2.96 bits per heavy atom. The van der Waals surface area contributed by atoms with E-state index in [0.717, 1.165) is 35.9 Å². The first-order chi connectivity index (χ1) is 11.2. The second-order valence-electron chi connectivity index (χ2n) is 5.85. The summed E-state index contributed by atoms with van der Waals surface area (Å²) in [5, 5.41) is 8.10. The van der Waals surface area contributed by atoms with E-state index in [2.05, 4.69) is 27.0 Å². The minimum Gasteiger partial charge on any atom is -0.439 e. The molecular formula is C16H19N5O2. The molecule has 0 spiro atoms. The molecule has 0 bridgehead atoms. The molecule has 2 aromatic heterocycles. The molecule has 3 heterocycles. The molecule has 7 nitrogen and oxygen atoms in total. The standard InChI is InChI=1S/C16H19N5O2/c1-11(16-18-12-5-3-4-6-13(12)23-16)21-7-8-22-14(9-21)15-19-17-10-20(15)2/h3-6,10-11,14H,7-9H2,1-2H3. The summed E-state index contributed by atoms with van der Waals surface area (Å²) in [6.45, 7) is 4.35. The van der Waals surface area contributed by atoms with Gasteiger partial charge in [-0.25, -0.2) is 4.98 Å². The molecular weight excluding hydrogens is 294 g/mol. The lowest BCUT2D eigenvalue weighted by atomic mass is 10.2. The van der Waals surface area contributed by atoms with Gasteiger partial charge in [0.15, 0.2) is 11.4 Å². The van der Waals surface area contributed by atoms with Gasteiger partial charge < -0.3 is 13.7 Å². The highest BCUT2D eigenvalue weighted by Gasteiger charge is 2.30. The molecule has 1 fully saturated rings. The molecule has 0 amide bonds. The van der Waals surface area contributed by atoms with E-state index in [9.17, 15) is 0 Å². The molecule has 1 aromatic carbocycles. The van der Waals surface area contributed by atoms with Crippen molar-refractivity contribution in [1.29, 1.82) is 0 Å². The van der Waals surface area contributed by atoms with Crippen LogP contribution in [-0.2, 0) is 11.8 Å². The Hall–Kier alpha value is -2.25. The highest BCUT2D eigenvalue weighted by molar-refractivity contribution is 5.72. The number of ether oxygens (including phenoxy) is 1. The lowest BCUT2D eigenvalue weighted by molar-refractivity contribution is -0.0513. The van der Waals surface area contributed by atoms with Crippen LogP contribution in [0.15, 0.2) is 35.0 Å². The fourth-order valence-electron chi connectivity index (χ4n) is 2.99. The van der Waals surface area contributed by atoms with Gasteiger partial charge in [0.25, 0.3) is 0 Å². The second kappa shape index (κ2) is 5.75. The first-order valence-corrected chi connectivity index (χ1v) is 7.77. The molecule has 4 rings (SSSR count). The molecule has 1 saturated heterocycles. The summed E-state index contributed by atoms with van der Waals surface area (Å²) in [5.74, 6) is 1.59. The van der Waals surface area contributed by atoms with Crippen LogP contribution in [0.3, 0.4) is 0 Å². The number of aryl methyl sites for hydroxylation is 1. The van der Waals surface area contributed by atoms with E-state index in [-0.39, 0.29) is 12.1 Å². The van der Waals surface area contributed by atoms with Gasteiger partial charge in [0.1, 0.15) is 17.9 Å². The maximum absolute atomic E-state index is 5.91. The number of benzene rings is 1. The number of oxazole rings is 1. The second-order valence-corrected chi connectivity index (χ2v) is 5.85.